The third-order valence-electron chi connectivity index (χ3n) is 6.94. The molecule has 1 amide bonds. The average Bonchev–Trinajstić information content (AvgIpc) is 3.49. The first-order valence-electron chi connectivity index (χ1n) is 11.3. The summed E-state index contributed by atoms with van der Waals surface area (Å²) in [7, 11) is -3.75. The number of fused-ring (bicyclic) bond motifs is 3. The van der Waals surface area contributed by atoms with Crippen LogP contribution < -0.4 is 5.32 Å². The lowest BCUT2D eigenvalue weighted by atomic mass is 9.92. The van der Waals surface area contributed by atoms with Crippen LogP contribution in [0.3, 0.4) is 0 Å². The lowest BCUT2D eigenvalue weighted by Gasteiger charge is -2.31. The second kappa shape index (κ2) is 8.09. The summed E-state index contributed by atoms with van der Waals surface area (Å²) >= 11 is 0. The number of benzene rings is 1. The van der Waals surface area contributed by atoms with Crippen molar-refractivity contribution in [3.05, 3.63) is 53.8 Å². The molecule has 174 valence electrons. The number of carbonyl (C=O) groups is 1. The lowest BCUT2D eigenvalue weighted by molar-refractivity contribution is -0.119. The van der Waals surface area contributed by atoms with Crippen molar-refractivity contribution in [1.29, 1.82) is 0 Å². The maximum absolute atomic E-state index is 13.4. The molecule has 1 fully saturated rings. The molecule has 3 heterocycles. The Bertz CT molecular complexity index is 1230. The van der Waals surface area contributed by atoms with Crippen LogP contribution in [0, 0.1) is 12.8 Å². The van der Waals surface area contributed by atoms with Gasteiger partial charge in [0.2, 0.25) is 5.91 Å². The van der Waals surface area contributed by atoms with E-state index in [2.05, 4.69) is 27.4 Å². The molecule has 0 bridgehead atoms. The van der Waals surface area contributed by atoms with E-state index in [1.807, 2.05) is 17.6 Å². The highest BCUT2D eigenvalue weighted by atomic mass is 32.2. The van der Waals surface area contributed by atoms with Crippen LogP contribution in [0.5, 0.6) is 0 Å². The minimum atomic E-state index is -3.75. The minimum absolute atomic E-state index is 0.0262. The lowest BCUT2D eigenvalue weighted by Crippen LogP contribution is -2.39. The van der Waals surface area contributed by atoms with Crippen molar-refractivity contribution in [2.75, 3.05) is 0 Å². The van der Waals surface area contributed by atoms with Gasteiger partial charge in [-0.15, -0.1) is 10.2 Å². The van der Waals surface area contributed by atoms with E-state index in [4.69, 9.17) is 0 Å². The van der Waals surface area contributed by atoms with Crippen molar-refractivity contribution in [2.45, 2.75) is 69.1 Å². The fourth-order valence-corrected chi connectivity index (χ4v) is 6.76. The van der Waals surface area contributed by atoms with Gasteiger partial charge >= 0.3 is 0 Å². The Kier molecular flexibility index (Phi) is 5.35. The maximum atomic E-state index is 13.4. The van der Waals surface area contributed by atoms with Gasteiger partial charge in [0.15, 0.2) is 12.0 Å². The quantitative estimate of drug-likeness (QED) is 0.725. The number of carbonyl (C=O) groups excluding carboxylic acids is 1. The summed E-state index contributed by atoms with van der Waals surface area (Å²) in [5, 5.41) is 11.9. The first-order valence-corrected chi connectivity index (χ1v) is 12.8. The van der Waals surface area contributed by atoms with E-state index >= 15 is 0 Å². The zero-order chi connectivity index (χ0) is 23.3. The second-order valence-corrected chi connectivity index (χ2v) is 10.9. The molecule has 0 radical (unpaired) electrons. The topological polar surface area (TPSA) is 110 Å². The summed E-state index contributed by atoms with van der Waals surface area (Å²) in [6.07, 6.45) is 7.12. The molecule has 10 heteroatoms. The summed E-state index contributed by atoms with van der Waals surface area (Å²) in [5.41, 5.74) is 0.998. The standard InChI is InChI=1S/C23H28N6O3S/c1-4-16-11-17(25-15(3)30)12-19(16)22-27-26-21-13-24-23-20(29(21)22)9-10-28(23)33(31,32)18-7-5-14(2)6-8-18/h5-10,13,16-17,19-20,23H,4,11-12H2,1-3H3,(H,25,30)/t16-,17+,19?,20?,23?/m1/s1. The second-order valence-electron chi connectivity index (χ2n) is 9.10. The van der Waals surface area contributed by atoms with Crippen LogP contribution in [0.15, 0.2) is 46.4 Å². The van der Waals surface area contributed by atoms with E-state index in [0.717, 1.165) is 30.7 Å². The van der Waals surface area contributed by atoms with Crippen molar-refractivity contribution in [1.82, 2.24) is 24.4 Å². The van der Waals surface area contributed by atoms with E-state index in [9.17, 15) is 13.2 Å². The van der Waals surface area contributed by atoms with Crippen molar-refractivity contribution in [3.8, 4) is 0 Å². The fourth-order valence-electron chi connectivity index (χ4n) is 5.34. The molecule has 0 spiro atoms. The minimum Gasteiger partial charge on any atom is -0.354 e. The Balaban J connectivity index is 1.46. The largest absolute Gasteiger partial charge is 0.354 e. The molecule has 33 heavy (non-hydrogen) atoms. The van der Waals surface area contributed by atoms with E-state index in [-0.39, 0.29) is 28.8 Å². The third kappa shape index (κ3) is 3.66. The Labute approximate surface area is 193 Å². The molecule has 2 aliphatic heterocycles. The molecule has 1 aromatic carbocycles. The summed E-state index contributed by atoms with van der Waals surface area (Å²) < 4.78 is 30.1. The van der Waals surface area contributed by atoms with Gasteiger partial charge in [0, 0.05) is 25.1 Å². The predicted octanol–water partition coefficient (Wildman–Crippen LogP) is 2.51. The van der Waals surface area contributed by atoms with E-state index in [1.54, 1.807) is 43.6 Å². The van der Waals surface area contributed by atoms with Crippen LogP contribution in [0.1, 0.15) is 62.3 Å². The van der Waals surface area contributed by atoms with Crippen LogP contribution in [0.4, 0.5) is 0 Å². The number of hydrogen-bond donors (Lipinski definition) is 1. The van der Waals surface area contributed by atoms with E-state index in [1.165, 1.54) is 4.31 Å². The van der Waals surface area contributed by atoms with Gasteiger partial charge in [0.25, 0.3) is 10.0 Å². The SMILES string of the molecule is CC[C@@H]1C[C@H](NC(C)=O)CC1c1nnc2n1C1C=CN(S(=O)(=O)c3ccc(C)cc3)C1N=C2. The average molecular weight is 469 g/mol. The molecule has 3 unspecified atom stereocenters. The van der Waals surface area contributed by atoms with Crippen LogP contribution in [-0.2, 0) is 14.8 Å². The van der Waals surface area contributed by atoms with Crippen molar-refractivity contribution in [3.63, 3.8) is 0 Å². The van der Waals surface area contributed by atoms with Gasteiger partial charge in [0.05, 0.1) is 17.2 Å². The van der Waals surface area contributed by atoms with Crippen molar-refractivity contribution < 1.29 is 13.2 Å². The number of rotatable bonds is 5. The van der Waals surface area contributed by atoms with E-state index < -0.39 is 16.2 Å². The molecule has 1 N–H and O–H groups in total. The molecule has 3 aliphatic rings. The zero-order valence-electron chi connectivity index (χ0n) is 18.9. The molecule has 9 nitrogen and oxygen atoms in total. The normalized spacial score (nSPS) is 28.1. The highest BCUT2D eigenvalue weighted by Crippen LogP contribution is 2.44. The third-order valence-corrected chi connectivity index (χ3v) is 8.70. The summed E-state index contributed by atoms with van der Waals surface area (Å²) in [5.74, 6) is 1.94. The number of aromatic nitrogens is 3. The first kappa shape index (κ1) is 21.8. The van der Waals surface area contributed by atoms with Crippen LogP contribution in [0.2, 0.25) is 0 Å². The Morgan fingerprint density at radius 1 is 1.18 bits per heavy atom. The molecule has 5 rings (SSSR count). The molecule has 2 aromatic rings. The first-order chi connectivity index (χ1) is 15.8. The van der Waals surface area contributed by atoms with Crippen LogP contribution >= 0.6 is 0 Å². The number of aliphatic imine (C=N–C) groups is 1. The number of nitrogens with zero attached hydrogens (tertiary/aromatic N) is 5. The highest BCUT2D eigenvalue weighted by molar-refractivity contribution is 7.89. The molecular weight excluding hydrogens is 440 g/mol. The molecule has 1 aromatic heterocycles. The van der Waals surface area contributed by atoms with Gasteiger partial charge in [-0.2, -0.15) is 0 Å². The summed E-state index contributed by atoms with van der Waals surface area (Å²) in [4.78, 5) is 16.4. The Morgan fingerprint density at radius 3 is 2.64 bits per heavy atom. The number of amides is 1. The highest BCUT2D eigenvalue weighted by Gasteiger charge is 2.44. The molecular formula is C23H28N6O3S. The molecule has 1 aliphatic carbocycles. The van der Waals surface area contributed by atoms with Crippen molar-refractivity contribution in [2.24, 2.45) is 10.9 Å². The van der Waals surface area contributed by atoms with Gasteiger partial charge in [-0.25, -0.2) is 12.7 Å². The molecule has 5 atom stereocenters. The van der Waals surface area contributed by atoms with E-state index in [0.29, 0.717) is 11.7 Å². The van der Waals surface area contributed by atoms with Crippen molar-refractivity contribution >= 4 is 22.1 Å². The monoisotopic (exact) mass is 468 g/mol. The molecule has 1 saturated carbocycles. The predicted molar refractivity (Wildman–Crippen MR) is 123 cm³/mol. The maximum Gasteiger partial charge on any atom is 0.265 e. The van der Waals surface area contributed by atoms with Gasteiger partial charge in [0.1, 0.15) is 5.82 Å². The zero-order valence-corrected chi connectivity index (χ0v) is 19.7. The molecule has 0 saturated heterocycles. The summed E-state index contributed by atoms with van der Waals surface area (Å²) in [6.45, 7) is 5.61. The van der Waals surface area contributed by atoms with Crippen LogP contribution in [0.25, 0.3) is 0 Å². The van der Waals surface area contributed by atoms with Crippen LogP contribution in [-0.4, -0.2) is 51.8 Å². The fraction of sp³-hybridized carbons (Fsp3) is 0.478. The smallest absolute Gasteiger partial charge is 0.265 e. The number of sulfonamides is 1. The number of hydrogen-bond acceptors (Lipinski definition) is 6. The van der Waals surface area contributed by atoms with Gasteiger partial charge < -0.3 is 5.32 Å². The Hall–Kier alpha value is -3.01. The Morgan fingerprint density at radius 2 is 1.94 bits per heavy atom. The number of aryl methyl sites for hydroxylation is 1. The summed E-state index contributed by atoms with van der Waals surface area (Å²) in [6, 6.07) is 6.63. The van der Waals surface area contributed by atoms with Gasteiger partial charge in [-0.1, -0.05) is 31.0 Å². The van der Waals surface area contributed by atoms with Gasteiger partial charge in [-0.3, -0.25) is 14.4 Å². The van der Waals surface area contributed by atoms with Gasteiger partial charge in [-0.05, 0) is 43.9 Å². The number of nitrogens with one attached hydrogen (secondary N) is 1.